The van der Waals surface area contributed by atoms with Crippen LogP contribution in [0.2, 0.25) is 0 Å². The van der Waals surface area contributed by atoms with E-state index >= 15 is 0 Å². The lowest BCUT2D eigenvalue weighted by Crippen LogP contribution is -2.44. The first-order valence-electron chi connectivity index (χ1n) is 4.63. The molecule has 2 N–H and O–H groups in total. The lowest BCUT2D eigenvalue weighted by molar-refractivity contribution is -0.113. The van der Waals surface area contributed by atoms with Crippen molar-refractivity contribution in [3.05, 3.63) is 42.1 Å². The molecule has 0 fully saturated rings. The average molecular weight is 190 g/mol. The van der Waals surface area contributed by atoms with Crippen LogP contribution in [0.1, 0.15) is 19.4 Å². The van der Waals surface area contributed by atoms with Crippen molar-refractivity contribution >= 4 is 5.70 Å². The highest BCUT2D eigenvalue weighted by molar-refractivity contribution is 5.65. The zero-order valence-corrected chi connectivity index (χ0v) is 8.36. The first-order chi connectivity index (χ1) is 6.59. The first-order valence-corrected chi connectivity index (χ1v) is 4.63. The zero-order chi connectivity index (χ0) is 10.2. The molecular weight excluding hydrogens is 176 g/mol. The van der Waals surface area contributed by atoms with E-state index in [1.54, 1.807) is 6.20 Å². The van der Waals surface area contributed by atoms with Gasteiger partial charge in [-0.1, -0.05) is 30.3 Å². The van der Waals surface area contributed by atoms with Crippen LogP contribution in [0, 0.1) is 0 Å². The molecule has 3 heteroatoms. The number of hydrogen-bond acceptors (Lipinski definition) is 3. The summed E-state index contributed by atoms with van der Waals surface area (Å²) < 4.78 is 0. The maximum Gasteiger partial charge on any atom is 0.129 e. The second kappa shape index (κ2) is 3.03. The van der Waals surface area contributed by atoms with Gasteiger partial charge in [0.25, 0.3) is 0 Å². The number of nitrogens with one attached hydrogen (secondary N) is 1. The molecule has 1 aromatic rings. The molecule has 1 heterocycles. The molecule has 0 saturated heterocycles. The highest BCUT2D eigenvalue weighted by atomic mass is 16.5. The number of hydroxylamine groups is 2. The van der Waals surface area contributed by atoms with Gasteiger partial charge in [-0.05, 0) is 19.4 Å². The molecule has 0 bridgehead atoms. The SMILES string of the molecule is CC1(C)NC(c2ccccc2)=CN1O. The molecule has 74 valence electrons. The summed E-state index contributed by atoms with van der Waals surface area (Å²) in [6.07, 6.45) is 1.70. The van der Waals surface area contributed by atoms with Crippen molar-refractivity contribution in [1.82, 2.24) is 10.4 Å². The molecule has 0 atom stereocenters. The minimum Gasteiger partial charge on any atom is -0.360 e. The molecule has 0 saturated carbocycles. The largest absolute Gasteiger partial charge is 0.360 e. The highest BCUT2D eigenvalue weighted by Gasteiger charge is 2.30. The van der Waals surface area contributed by atoms with Crippen LogP contribution in [0.3, 0.4) is 0 Å². The van der Waals surface area contributed by atoms with Gasteiger partial charge in [-0.3, -0.25) is 5.21 Å². The van der Waals surface area contributed by atoms with Gasteiger partial charge in [0, 0.05) is 0 Å². The van der Waals surface area contributed by atoms with Crippen LogP contribution in [0.5, 0.6) is 0 Å². The Bertz CT molecular complexity index is 357. The smallest absolute Gasteiger partial charge is 0.129 e. The Kier molecular flexibility index (Phi) is 1.97. The lowest BCUT2D eigenvalue weighted by Gasteiger charge is -2.27. The molecule has 0 aromatic heterocycles. The van der Waals surface area contributed by atoms with Gasteiger partial charge in [0.2, 0.25) is 0 Å². The molecule has 1 aromatic carbocycles. The Morgan fingerprint density at radius 2 is 1.86 bits per heavy atom. The monoisotopic (exact) mass is 190 g/mol. The summed E-state index contributed by atoms with van der Waals surface area (Å²) in [7, 11) is 0. The predicted molar refractivity (Wildman–Crippen MR) is 55.3 cm³/mol. The summed E-state index contributed by atoms with van der Waals surface area (Å²) >= 11 is 0. The second-order valence-electron chi connectivity index (χ2n) is 3.94. The zero-order valence-electron chi connectivity index (χ0n) is 8.36. The van der Waals surface area contributed by atoms with Gasteiger partial charge >= 0.3 is 0 Å². The number of hydrogen-bond donors (Lipinski definition) is 2. The van der Waals surface area contributed by atoms with Crippen molar-refractivity contribution in [3.8, 4) is 0 Å². The normalized spacial score (nSPS) is 19.1. The quantitative estimate of drug-likeness (QED) is 0.711. The Morgan fingerprint density at radius 1 is 1.21 bits per heavy atom. The molecule has 3 nitrogen and oxygen atoms in total. The van der Waals surface area contributed by atoms with E-state index in [1.807, 2.05) is 44.2 Å². The topological polar surface area (TPSA) is 35.5 Å². The van der Waals surface area contributed by atoms with E-state index in [-0.39, 0.29) is 0 Å². The summed E-state index contributed by atoms with van der Waals surface area (Å²) in [4.78, 5) is 0. The van der Waals surface area contributed by atoms with Gasteiger partial charge < -0.3 is 5.32 Å². The van der Waals surface area contributed by atoms with Crippen LogP contribution in [0.15, 0.2) is 36.5 Å². The van der Waals surface area contributed by atoms with E-state index in [4.69, 9.17) is 0 Å². The van der Waals surface area contributed by atoms with E-state index in [0.29, 0.717) is 0 Å². The van der Waals surface area contributed by atoms with Crippen LogP contribution < -0.4 is 5.32 Å². The minimum absolute atomic E-state index is 0.425. The maximum absolute atomic E-state index is 9.58. The van der Waals surface area contributed by atoms with Gasteiger partial charge in [-0.2, -0.15) is 0 Å². The standard InChI is InChI=1S/C11H14N2O/c1-11(2)12-10(8-13(11)14)9-6-4-3-5-7-9/h3-8,12,14H,1-2H3. The summed E-state index contributed by atoms with van der Waals surface area (Å²) in [6, 6.07) is 9.94. The molecule has 2 rings (SSSR count). The summed E-state index contributed by atoms with van der Waals surface area (Å²) in [5, 5.41) is 14.0. The second-order valence-corrected chi connectivity index (χ2v) is 3.94. The predicted octanol–water partition coefficient (Wildman–Crippen LogP) is 2.02. The minimum atomic E-state index is -0.425. The fourth-order valence-corrected chi connectivity index (χ4v) is 1.47. The third kappa shape index (κ3) is 1.46. The highest BCUT2D eigenvalue weighted by Crippen LogP contribution is 2.24. The van der Waals surface area contributed by atoms with E-state index < -0.39 is 5.66 Å². The Hall–Kier alpha value is -1.48. The Morgan fingerprint density at radius 3 is 2.36 bits per heavy atom. The number of nitrogens with zero attached hydrogens (tertiary/aromatic N) is 1. The average Bonchev–Trinajstić information content (AvgIpc) is 2.43. The molecule has 1 aliphatic heterocycles. The lowest BCUT2D eigenvalue weighted by atomic mass is 10.1. The van der Waals surface area contributed by atoms with Crippen molar-refractivity contribution in [1.29, 1.82) is 0 Å². The van der Waals surface area contributed by atoms with Crippen molar-refractivity contribution in [2.24, 2.45) is 0 Å². The van der Waals surface area contributed by atoms with E-state index in [0.717, 1.165) is 11.3 Å². The van der Waals surface area contributed by atoms with Crippen molar-refractivity contribution in [2.75, 3.05) is 0 Å². The molecule has 1 aliphatic rings. The van der Waals surface area contributed by atoms with Gasteiger partial charge in [-0.25, -0.2) is 5.06 Å². The third-order valence-corrected chi connectivity index (χ3v) is 2.35. The van der Waals surface area contributed by atoms with Crippen LogP contribution >= 0.6 is 0 Å². The molecule has 0 radical (unpaired) electrons. The van der Waals surface area contributed by atoms with Gasteiger partial charge in [0.15, 0.2) is 0 Å². The molecule has 0 amide bonds. The van der Waals surface area contributed by atoms with Crippen LogP contribution in [0.25, 0.3) is 5.70 Å². The van der Waals surface area contributed by atoms with Crippen molar-refractivity contribution < 1.29 is 5.21 Å². The number of rotatable bonds is 1. The summed E-state index contributed by atoms with van der Waals surface area (Å²) in [6.45, 7) is 3.83. The summed E-state index contributed by atoms with van der Waals surface area (Å²) in [5.41, 5.74) is 1.60. The number of benzene rings is 1. The Balaban J connectivity index is 2.28. The molecule has 0 unspecified atom stereocenters. The third-order valence-electron chi connectivity index (χ3n) is 2.35. The van der Waals surface area contributed by atoms with Crippen LogP contribution in [-0.4, -0.2) is 15.9 Å². The van der Waals surface area contributed by atoms with Crippen molar-refractivity contribution in [2.45, 2.75) is 19.5 Å². The van der Waals surface area contributed by atoms with E-state index in [2.05, 4.69) is 5.32 Å². The fraction of sp³-hybridized carbons (Fsp3) is 0.273. The summed E-state index contributed by atoms with van der Waals surface area (Å²) in [5.74, 6) is 0. The van der Waals surface area contributed by atoms with E-state index in [1.165, 1.54) is 5.06 Å². The Labute approximate surface area is 83.6 Å². The molecule has 0 spiro atoms. The maximum atomic E-state index is 9.58. The van der Waals surface area contributed by atoms with Crippen LogP contribution in [-0.2, 0) is 0 Å². The first kappa shape index (κ1) is 9.09. The van der Waals surface area contributed by atoms with Gasteiger partial charge in [0.05, 0.1) is 11.9 Å². The van der Waals surface area contributed by atoms with E-state index in [9.17, 15) is 5.21 Å². The van der Waals surface area contributed by atoms with Crippen molar-refractivity contribution in [3.63, 3.8) is 0 Å². The molecule has 14 heavy (non-hydrogen) atoms. The van der Waals surface area contributed by atoms with Crippen LogP contribution in [0.4, 0.5) is 0 Å². The fourth-order valence-electron chi connectivity index (χ4n) is 1.47. The van der Waals surface area contributed by atoms with Gasteiger partial charge in [-0.15, -0.1) is 0 Å². The van der Waals surface area contributed by atoms with Gasteiger partial charge in [0.1, 0.15) is 5.66 Å². The molecule has 0 aliphatic carbocycles. The molecular formula is C11H14N2O.